The normalized spacial score (nSPS) is 27.5. The molecule has 4 heterocycles. The maximum atomic E-state index is 13.8. The van der Waals surface area contributed by atoms with Crippen LogP contribution in [0.3, 0.4) is 0 Å². The maximum absolute atomic E-state index is 13.8. The highest BCUT2D eigenvalue weighted by Crippen LogP contribution is 2.54. The Morgan fingerprint density at radius 1 is 1.07 bits per heavy atom. The summed E-state index contributed by atoms with van der Waals surface area (Å²) in [4.78, 5) is 15.7. The number of rotatable bonds is 2. The number of hydrogen-bond acceptors (Lipinski definition) is 4. The average Bonchev–Trinajstić information content (AvgIpc) is 3.46. The van der Waals surface area contributed by atoms with Crippen molar-refractivity contribution >= 4 is 11.6 Å². The summed E-state index contributed by atoms with van der Waals surface area (Å²) in [7, 11) is 0. The van der Waals surface area contributed by atoms with E-state index in [2.05, 4.69) is 12.1 Å². The molecule has 1 amide bonds. The molecule has 2 atom stereocenters. The molecule has 0 N–H and O–H groups in total. The molecule has 4 aliphatic heterocycles. The van der Waals surface area contributed by atoms with Crippen molar-refractivity contribution in [1.29, 1.82) is 0 Å². The average molecular weight is 363 g/mol. The first-order valence-electron chi connectivity index (χ1n) is 9.73. The van der Waals surface area contributed by atoms with Crippen LogP contribution in [0.2, 0.25) is 0 Å². The van der Waals surface area contributed by atoms with Crippen LogP contribution in [0.5, 0.6) is 11.5 Å². The van der Waals surface area contributed by atoms with E-state index in [1.807, 2.05) is 29.2 Å². The molecule has 0 aliphatic carbocycles. The van der Waals surface area contributed by atoms with Gasteiger partial charge in [0, 0.05) is 30.3 Å². The van der Waals surface area contributed by atoms with E-state index in [1.165, 1.54) is 5.56 Å². The standard InChI is InChI=1S/C22H21NO4/c24-21-22(13-27-20-11-19-14(7-9-26-19)10-17(20)22)16-5-1-2-6-18(16)23(21)12-15-4-3-8-25-15/h1-2,5-6,10-11,15H,3-4,7-9,12-13H2/t15-,22?/m1/s1. The van der Waals surface area contributed by atoms with E-state index in [0.717, 1.165) is 54.2 Å². The minimum Gasteiger partial charge on any atom is -0.493 e. The first kappa shape index (κ1) is 15.5. The van der Waals surface area contributed by atoms with Gasteiger partial charge in [-0.1, -0.05) is 18.2 Å². The van der Waals surface area contributed by atoms with Gasteiger partial charge in [0.05, 0.1) is 19.3 Å². The van der Waals surface area contributed by atoms with Gasteiger partial charge in [0.1, 0.15) is 23.5 Å². The van der Waals surface area contributed by atoms with Crippen molar-refractivity contribution in [2.75, 3.05) is 31.3 Å². The van der Waals surface area contributed by atoms with Crippen LogP contribution in [0, 0.1) is 0 Å². The van der Waals surface area contributed by atoms with Gasteiger partial charge in [0.15, 0.2) is 0 Å². The van der Waals surface area contributed by atoms with Gasteiger partial charge in [0.2, 0.25) is 5.91 Å². The molecule has 27 heavy (non-hydrogen) atoms. The van der Waals surface area contributed by atoms with E-state index in [9.17, 15) is 4.79 Å². The van der Waals surface area contributed by atoms with E-state index in [-0.39, 0.29) is 12.0 Å². The zero-order chi connectivity index (χ0) is 18.0. The van der Waals surface area contributed by atoms with Crippen LogP contribution in [0.25, 0.3) is 0 Å². The van der Waals surface area contributed by atoms with E-state index in [1.54, 1.807) is 0 Å². The number of ether oxygens (including phenoxy) is 3. The minimum atomic E-state index is -0.748. The monoisotopic (exact) mass is 363 g/mol. The lowest BCUT2D eigenvalue weighted by Crippen LogP contribution is -2.45. The lowest BCUT2D eigenvalue weighted by molar-refractivity contribution is -0.122. The Labute approximate surface area is 157 Å². The Morgan fingerprint density at radius 2 is 2.00 bits per heavy atom. The first-order valence-corrected chi connectivity index (χ1v) is 9.73. The molecule has 0 aromatic heterocycles. The number of carbonyl (C=O) groups is 1. The van der Waals surface area contributed by atoms with E-state index >= 15 is 0 Å². The number of hydrogen-bond donors (Lipinski definition) is 0. The van der Waals surface area contributed by atoms with Gasteiger partial charge in [-0.25, -0.2) is 0 Å². The maximum Gasteiger partial charge on any atom is 0.245 e. The molecule has 6 rings (SSSR count). The fourth-order valence-electron chi connectivity index (χ4n) is 5.02. The zero-order valence-corrected chi connectivity index (χ0v) is 15.1. The zero-order valence-electron chi connectivity index (χ0n) is 15.1. The second kappa shape index (κ2) is 5.49. The number of carbonyl (C=O) groups excluding carboxylic acids is 1. The van der Waals surface area contributed by atoms with Gasteiger partial charge in [-0.3, -0.25) is 4.79 Å². The summed E-state index contributed by atoms with van der Waals surface area (Å²) in [6, 6.07) is 12.2. The molecule has 138 valence electrons. The van der Waals surface area contributed by atoms with Gasteiger partial charge >= 0.3 is 0 Å². The third-order valence-corrected chi connectivity index (χ3v) is 6.37. The highest BCUT2D eigenvalue weighted by molar-refractivity contribution is 6.11. The van der Waals surface area contributed by atoms with Gasteiger partial charge in [-0.05, 0) is 36.1 Å². The molecule has 0 bridgehead atoms. The SMILES string of the molecule is O=C1N(C[C@H]2CCCO2)c2ccccc2C12COc1cc3c(cc12)CCO3. The van der Waals surface area contributed by atoms with E-state index in [0.29, 0.717) is 19.8 Å². The van der Waals surface area contributed by atoms with Gasteiger partial charge < -0.3 is 19.1 Å². The molecular weight excluding hydrogens is 342 g/mol. The number of benzene rings is 2. The van der Waals surface area contributed by atoms with Crippen molar-refractivity contribution in [3.8, 4) is 11.5 Å². The van der Waals surface area contributed by atoms with Gasteiger partial charge in [-0.15, -0.1) is 0 Å². The van der Waals surface area contributed by atoms with Crippen LogP contribution in [0.15, 0.2) is 36.4 Å². The van der Waals surface area contributed by atoms with Gasteiger partial charge in [-0.2, -0.15) is 0 Å². The number of fused-ring (bicyclic) bond motifs is 5. The van der Waals surface area contributed by atoms with Crippen LogP contribution in [0.1, 0.15) is 29.5 Å². The van der Waals surface area contributed by atoms with Crippen LogP contribution < -0.4 is 14.4 Å². The summed E-state index contributed by atoms with van der Waals surface area (Å²) in [6.07, 6.45) is 3.08. The molecule has 1 spiro atoms. The molecule has 2 aromatic carbocycles. The highest BCUT2D eigenvalue weighted by Gasteiger charge is 2.57. The molecule has 1 saturated heterocycles. The Hall–Kier alpha value is -2.53. The predicted molar refractivity (Wildman–Crippen MR) is 99.7 cm³/mol. The molecule has 1 fully saturated rings. The van der Waals surface area contributed by atoms with E-state index < -0.39 is 5.41 Å². The number of anilines is 1. The minimum absolute atomic E-state index is 0.108. The fraction of sp³-hybridized carbons (Fsp3) is 0.409. The van der Waals surface area contributed by atoms with Crippen molar-refractivity contribution in [1.82, 2.24) is 0 Å². The Bertz CT molecular complexity index is 949. The van der Waals surface area contributed by atoms with Gasteiger partial charge in [0.25, 0.3) is 0 Å². The summed E-state index contributed by atoms with van der Waals surface area (Å²) < 4.78 is 17.6. The van der Waals surface area contributed by atoms with Crippen LogP contribution >= 0.6 is 0 Å². The van der Waals surface area contributed by atoms with Crippen molar-refractivity contribution in [3.05, 3.63) is 53.1 Å². The summed E-state index contributed by atoms with van der Waals surface area (Å²) in [6.45, 7) is 2.45. The highest BCUT2D eigenvalue weighted by atomic mass is 16.5. The predicted octanol–water partition coefficient (Wildman–Crippen LogP) is 2.83. The van der Waals surface area contributed by atoms with Crippen molar-refractivity contribution in [3.63, 3.8) is 0 Å². The summed E-state index contributed by atoms with van der Waals surface area (Å²) >= 11 is 0. The fourth-order valence-corrected chi connectivity index (χ4v) is 5.02. The molecule has 1 unspecified atom stereocenters. The van der Waals surface area contributed by atoms with Crippen LogP contribution in [-0.2, 0) is 21.4 Å². The van der Waals surface area contributed by atoms with Crippen LogP contribution in [-0.4, -0.2) is 38.4 Å². The van der Waals surface area contributed by atoms with Crippen LogP contribution in [0.4, 0.5) is 5.69 Å². The second-order valence-electron chi connectivity index (χ2n) is 7.82. The second-order valence-corrected chi connectivity index (χ2v) is 7.82. The lowest BCUT2D eigenvalue weighted by atomic mass is 9.76. The molecule has 0 saturated carbocycles. The summed E-state index contributed by atoms with van der Waals surface area (Å²) in [5.74, 6) is 1.77. The lowest BCUT2D eigenvalue weighted by Gasteiger charge is -2.25. The third kappa shape index (κ3) is 2.00. The van der Waals surface area contributed by atoms with Crippen molar-refractivity contribution < 1.29 is 19.0 Å². The molecule has 5 nitrogen and oxygen atoms in total. The Kier molecular flexibility index (Phi) is 3.15. The third-order valence-electron chi connectivity index (χ3n) is 6.37. The van der Waals surface area contributed by atoms with E-state index in [4.69, 9.17) is 14.2 Å². The molecule has 2 aromatic rings. The molecular formula is C22H21NO4. The largest absolute Gasteiger partial charge is 0.493 e. The van der Waals surface area contributed by atoms with Crippen molar-refractivity contribution in [2.24, 2.45) is 0 Å². The Balaban J connectivity index is 1.49. The molecule has 4 aliphatic rings. The molecule has 0 radical (unpaired) electrons. The Morgan fingerprint density at radius 3 is 2.89 bits per heavy atom. The molecule has 5 heteroatoms. The van der Waals surface area contributed by atoms with Crippen molar-refractivity contribution in [2.45, 2.75) is 30.8 Å². The summed E-state index contributed by atoms with van der Waals surface area (Å²) in [5.41, 5.74) is 3.44. The topological polar surface area (TPSA) is 48.0 Å². The quantitative estimate of drug-likeness (QED) is 0.823. The number of amides is 1. The smallest absolute Gasteiger partial charge is 0.245 e. The number of para-hydroxylation sites is 1. The summed E-state index contributed by atoms with van der Waals surface area (Å²) in [5, 5.41) is 0. The first-order chi connectivity index (χ1) is 13.3. The number of nitrogens with zero attached hydrogens (tertiary/aromatic N) is 1.